The Balaban J connectivity index is 1.65. The number of hydrogen-bond acceptors (Lipinski definition) is 3. The maximum Gasteiger partial charge on any atom is 0.255 e. The van der Waals surface area contributed by atoms with Crippen LogP contribution in [-0.4, -0.2) is 19.0 Å². The lowest BCUT2D eigenvalue weighted by Gasteiger charge is -2.30. The van der Waals surface area contributed by atoms with Gasteiger partial charge < -0.3 is 15.5 Å². The molecule has 0 bridgehead atoms. The average molecular weight is 328 g/mol. The van der Waals surface area contributed by atoms with Crippen LogP contribution >= 0.6 is 11.6 Å². The fraction of sp³-hybridized carbons (Fsp3) is 0.278. The van der Waals surface area contributed by atoms with Gasteiger partial charge >= 0.3 is 0 Å². The maximum atomic E-state index is 12.5. The number of carbonyl (C=O) groups is 1. The van der Waals surface area contributed by atoms with Crippen molar-refractivity contribution >= 4 is 28.9 Å². The Hall–Kier alpha value is -2.20. The second-order valence-corrected chi connectivity index (χ2v) is 6.40. The first-order valence-electron chi connectivity index (χ1n) is 7.93. The molecule has 1 atom stereocenters. The van der Waals surface area contributed by atoms with Gasteiger partial charge in [-0.3, -0.25) is 4.79 Å². The van der Waals surface area contributed by atoms with Gasteiger partial charge in [0.2, 0.25) is 0 Å². The molecule has 0 saturated carbocycles. The molecule has 1 fully saturated rings. The van der Waals surface area contributed by atoms with Gasteiger partial charge in [0.25, 0.3) is 5.91 Å². The predicted molar refractivity (Wildman–Crippen MR) is 93.2 cm³/mol. The third-order valence-corrected chi connectivity index (χ3v) is 4.85. The molecule has 118 valence electrons. The van der Waals surface area contributed by atoms with Crippen molar-refractivity contribution in [2.45, 2.75) is 19.0 Å². The first kappa shape index (κ1) is 14.4. The van der Waals surface area contributed by atoms with Crippen LogP contribution in [0.1, 0.15) is 34.9 Å². The fourth-order valence-corrected chi connectivity index (χ4v) is 3.53. The van der Waals surface area contributed by atoms with Crippen LogP contribution in [0.4, 0.5) is 11.4 Å². The van der Waals surface area contributed by atoms with Gasteiger partial charge in [0.1, 0.15) is 6.17 Å². The number of nitrogens with one attached hydrogen (secondary N) is 2. The predicted octanol–water partition coefficient (Wildman–Crippen LogP) is 3.79. The lowest BCUT2D eigenvalue weighted by molar-refractivity contribution is 0.0936. The van der Waals surface area contributed by atoms with Crippen molar-refractivity contribution in [3.05, 3.63) is 58.6 Å². The molecular weight excluding hydrogens is 310 g/mol. The van der Waals surface area contributed by atoms with Crippen LogP contribution in [0.5, 0.6) is 0 Å². The minimum atomic E-state index is -0.304. The molecule has 2 N–H and O–H groups in total. The van der Waals surface area contributed by atoms with E-state index in [-0.39, 0.29) is 12.1 Å². The first-order chi connectivity index (χ1) is 11.2. The number of fused-ring (bicyclic) bond motifs is 1. The second-order valence-electron chi connectivity index (χ2n) is 6.00. The molecule has 0 aromatic heterocycles. The minimum absolute atomic E-state index is 0.0651. The Kier molecular flexibility index (Phi) is 3.62. The van der Waals surface area contributed by atoms with Crippen molar-refractivity contribution in [1.82, 2.24) is 5.32 Å². The lowest BCUT2D eigenvalue weighted by Crippen LogP contribution is -2.38. The average Bonchev–Trinajstić information content (AvgIpc) is 3.09. The number of hydrogen-bond donors (Lipinski definition) is 2. The number of nitrogens with zero attached hydrogens (tertiary/aromatic N) is 1. The molecule has 2 aliphatic rings. The zero-order valence-corrected chi connectivity index (χ0v) is 13.4. The van der Waals surface area contributed by atoms with Crippen molar-refractivity contribution in [3.8, 4) is 0 Å². The summed E-state index contributed by atoms with van der Waals surface area (Å²) in [5, 5.41) is 7.00. The second kappa shape index (κ2) is 5.78. The van der Waals surface area contributed by atoms with Crippen molar-refractivity contribution in [3.63, 3.8) is 0 Å². The monoisotopic (exact) mass is 327 g/mol. The van der Waals surface area contributed by atoms with E-state index in [1.54, 1.807) is 0 Å². The number of halogens is 1. The Morgan fingerprint density at radius 1 is 1.04 bits per heavy atom. The van der Waals surface area contributed by atoms with Gasteiger partial charge in [-0.25, -0.2) is 0 Å². The van der Waals surface area contributed by atoms with Gasteiger partial charge in [0.15, 0.2) is 0 Å². The van der Waals surface area contributed by atoms with E-state index in [9.17, 15) is 4.79 Å². The van der Waals surface area contributed by atoms with Crippen LogP contribution in [0.3, 0.4) is 0 Å². The highest BCUT2D eigenvalue weighted by molar-refractivity contribution is 6.31. The summed E-state index contributed by atoms with van der Waals surface area (Å²) in [5.74, 6) is -0.0651. The summed E-state index contributed by atoms with van der Waals surface area (Å²) >= 11 is 6.25. The van der Waals surface area contributed by atoms with E-state index >= 15 is 0 Å². The maximum absolute atomic E-state index is 12.5. The molecule has 4 nitrogen and oxygen atoms in total. The van der Waals surface area contributed by atoms with E-state index in [1.165, 1.54) is 12.8 Å². The van der Waals surface area contributed by atoms with Crippen molar-refractivity contribution in [2.75, 3.05) is 23.3 Å². The number of anilines is 2. The summed E-state index contributed by atoms with van der Waals surface area (Å²) < 4.78 is 0. The molecule has 0 spiro atoms. The topological polar surface area (TPSA) is 44.4 Å². The first-order valence-corrected chi connectivity index (χ1v) is 8.31. The zero-order valence-electron chi connectivity index (χ0n) is 12.7. The molecule has 23 heavy (non-hydrogen) atoms. The molecule has 0 radical (unpaired) electrons. The lowest BCUT2D eigenvalue weighted by atomic mass is 10.0. The third-order valence-electron chi connectivity index (χ3n) is 4.51. The van der Waals surface area contributed by atoms with Crippen LogP contribution in [0.2, 0.25) is 5.02 Å². The van der Waals surface area contributed by atoms with Gasteiger partial charge in [0, 0.05) is 35.1 Å². The van der Waals surface area contributed by atoms with Gasteiger partial charge in [-0.2, -0.15) is 0 Å². The smallest absolute Gasteiger partial charge is 0.255 e. The molecule has 0 aliphatic carbocycles. The number of benzene rings is 2. The van der Waals surface area contributed by atoms with Gasteiger partial charge in [-0.05, 0) is 37.1 Å². The summed E-state index contributed by atoms with van der Waals surface area (Å²) in [4.78, 5) is 14.9. The van der Waals surface area contributed by atoms with E-state index in [4.69, 9.17) is 11.6 Å². The van der Waals surface area contributed by atoms with Crippen LogP contribution < -0.4 is 15.5 Å². The molecule has 2 aliphatic heterocycles. The van der Waals surface area contributed by atoms with E-state index in [2.05, 4.69) is 21.6 Å². The zero-order chi connectivity index (χ0) is 15.8. The highest BCUT2D eigenvalue weighted by Gasteiger charge is 2.26. The quantitative estimate of drug-likeness (QED) is 0.882. The normalized spacial score (nSPS) is 20.0. The number of rotatable bonds is 2. The highest BCUT2D eigenvalue weighted by atomic mass is 35.5. The van der Waals surface area contributed by atoms with Gasteiger partial charge in [-0.15, -0.1) is 0 Å². The van der Waals surface area contributed by atoms with Crippen molar-refractivity contribution < 1.29 is 4.79 Å². The van der Waals surface area contributed by atoms with Crippen LogP contribution in [0, 0.1) is 0 Å². The summed E-state index contributed by atoms with van der Waals surface area (Å²) in [7, 11) is 0. The molecule has 1 saturated heterocycles. The standard InChI is InChI=1S/C18H18ClN3O/c19-15-6-2-1-5-13(15)17-20-16-8-7-12(22-9-3-4-10-22)11-14(16)18(23)21-17/h1-2,5-8,11,17,20H,3-4,9-10H2,(H,21,23). The minimum Gasteiger partial charge on any atom is -0.372 e. The summed E-state index contributed by atoms with van der Waals surface area (Å²) in [5.41, 5.74) is 3.53. The summed E-state index contributed by atoms with van der Waals surface area (Å²) in [6.45, 7) is 2.13. The molecule has 2 aromatic rings. The Morgan fingerprint density at radius 3 is 2.61 bits per heavy atom. The third kappa shape index (κ3) is 2.63. The van der Waals surface area contributed by atoms with Crippen LogP contribution in [-0.2, 0) is 0 Å². The number of amides is 1. The van der Waals surface area contributed by atoms with E-state index in [0.717, 1.165) is 30.0 Å². The molecular formula is C18H18ClN3O. The van der Waals surface area contributed by atoms with E-state index in [0.29, 0.717) is 10.6 Å². The van der Waals surface area contributed by atoms with Crippen molar-refractivity contribution in [2.24, 2.45) is 0 Å². The number of carbonyl (C=O) groups excluding carboxylic acids is 1. The SMILES string of the molecule is O=C1NC(c2ccccc2Cl)Nc2ccc(N3CCCC3)cc21. The van der Waals surface area contributed by atoms with Crippen LogP contribution in [0.25, 0.3) is 0 Å². The fourth-order valence-electron chi connectivity index (χ4n) is 3.28. The van der Waals surface area contributed by atoms with E-state index < -0.39 is 0 Å². The molecule has 1 amide bonds. The molecule has 2 heterocycles. The largest absolute Gasteiger partial charge is 0.372 e. The summed E-state index contributed by atoms with van der Waals surface area (Å²) in [6, 6.07) is 13.6. The Morgan fingerprint density at radius 2 is 1.83 bits per heavy atom. The summed E-state index contributed by atoms with van der Waals surface area (Å²) in [6.07, 6.45) is 2.13. The van der Waals surface area contributed by atoms with E-state index in [1.807, 2.05) is 36.4 Å². The highest BCUT2D eigenvalue weighted by Crippen LogP contribution is 2.32. The molecule has 4 rings (SSSR count). The van der Waals surface area contributed by atoms with Crippen LogP contribution in [0.15, 0.2) is 42.5 Å². The van der Waals surface area contributed by atoms with Crippen molar-refractivity contribution in [1.29, 1.82) is 0 Å². The Labute approximate surface area is 140 Å². The van der Waals surface area contributed by atoms with Gasteiger partial charge in [-0.1, -0.05) is 29.8 Å². The Bertz CT molecular complexity index is 756. The molecule has 1 unspecified atom stereocenters. The molecule has 5 heteroatoms. The van der Waals surface area contributed by atoms with Gasteiger partial charge in [0.05, 0.1) is 5.56 Å². The molecule has 2 aromatic carbocycles.